The molecular weight excluding hydrogens is 376 g/mol. The number of imidazole rings is 1. The molecule has 7 heteroatoms. The maximum Gasteiger partial charge on any atom is 0.253 e. The molecule has 3 heterocycles. The van der Waals surface area contributed by atoms with Gasteiger partial charge in [0.1, 0.15) is 0 Å². The van der Waals surface area contributed by atoms with Crippen molar-refractivity contribution in [3.8, 4) is 0 Å². The molecule has 1 saturated heterocycles. The van der Waals surface area contributed by atoms with Crippen LogP contribution in [0.2, 0.25) is 5.02 Å². The summed E-state index contributed by atoms with van der Waals surface area (Å²) in [5, 5.41) is 0.622. The number of hydrogen-bond donors (Lipinski definition) is 1. The predicted octanol–water partition coefficient (Wildman–Crippen LogP) is 2.99. The van der Waals surface area contributed by atoms with E-state index in [0.29, 0.717) is 23.7 Å². The van der Waals surface area contributed by atoms with Gasteiger partial charge in [-0.05, 0) is 49.9 Å². The molecule has 1 aromatic heterocycles. The number of nitrogens with zero attached hydrogens (tertiary/aromatic N) is 3. The molecule has 28 heavy (non-hydrogen) atoms. The number of halogens is 1. The second-order valence-electron chi connectivity index (χ2n) is 8.07. The fourth-order valence-corrected chi connectivity index (χ4v) is 4.84. The summed E-state index contributed by atoms with van der Waals surface area (Å²) in [6, 6.07) is 7.02. The second kappa shape index (κ2) is 6.62. The molecule has 0 radical (unpaired) electrons. The first-order valence-corrected chi connectivity index (χ1v) is 10.4. The molecule has 0 atom stereocenters. The molecule has 5 rings (SSSR count). The summed E-state index contributed by atoms with van der Waals surface area (Å²) in [6.07, 6.45) is 6.01. The molecule has 1 spiro atoms. The first kappa shape index (κ1) is 17.7. The van der Waals surface area contributed by atoms with E-state index >= 15 is 0 Å². The van der Waals surface area contributed by atoms with Crippen LogP contribution in [0.4, 0.5) is 0 Å². The highest BCUT2D eigenvalue weighted by Gasteiger charge is 2.51. The summed E-state index contributed by atoms with van der Waals surface area (Å²) in [5.74, 6) is 0.474. The fraction of sp³-hybridized carbons (Fsp3) is 0.476. The van der Waals surface area contributed by atoms with Crippen LogP contribution in [0.3, 0.4) is 0 Å². The quantitative estimate of drug-likeness (QED) is 0.845. The van der Waals surface area contributed by atoms with Crippen molar-refractivity contribution in [1.29, 1.82) is 0 Å². The number of piperidine rings is 1. The molecule has 1 N–H and O–H groups in total. The van der Waals surface area contributed by atoms with Crippen molar-refractivity contribution in [2.75, 3.05) is 19.6 Å². The molecule has 0 unspecified atom stereocenters. The Morgan fingerprint density at radius 1 is 1.11 bits per heavy atom. The van der Waals surface area contributed by atoms with Crippen LogP contribution in [-0.4, -0.2) is 51.2 Å². The van der Waals surface area contributed by atoms with Gasteiger partial charge in [-0.3, -0.25) is 9.59 Å². The lowest BCUT2D eigenvalue weighted by Crippen LogP contribution is -2.59. The average molecular weight is 399 g/mol. The van der Waals surface area contributed by atoms with E-state index in [4.69, 9.17) is 11.6 Å². The third kappa shape index (κ3) is 2.82. The monoisotopic (exact) mass is 398 g/mol. The maximum atomic E-state index is 13.0. The standard InChI is InChI=1S/C21H23ClN4O2/c22-16-5-3-14(4-6-16)19(27)25-11-8-21(9-12-25)18-17(23-13-24-18)7-10-26(21)20(28)15-1-2-15/h3-6,13,15H,1-2,7-12H2,(H,23,24). The van der Waals surface area contributed by atoms with Crippen molar-refractivity contribution in [2.24, 2.45) is 5.92 Å². The smallest absolute Gasteiger partial charge is 0.253 e. The number of H-pyrrole nitrogens is 1. The molecular formula is C21H23ClN4O2. The number of carbonyl (C=O) groups is 2. The minimum atomic E-state index is -0.385. The Bertz CT molecular complexity index is 911. The second-order valence-corrected chi connectivity index (χ2v) is 8.51. The van der Waals surface area contributed by atoms with Crippen LogP contribution < -0.4 is 0 Å². The number of amides is 2. The van der Waals surface area contributed by atoms with E-state index < -0.39 is 0 Å². The van der Waals surface area contributed by atoms with Crippen molar-refractivity contribution < 1.29 is 9.59 Å². The van der Waals surface area contributed by atoms with Gasteiger partial charge in [-0.2, -0.15) is 0 Å². The molecule has 0 bridgehead atoms. The molecule has 2 fully saturated rings. The third-order valence-corrected chi connectivity index (χ3v) is 6.67. The summed E-state index contributed by atoms with van der Waals surface area (Å²) in [4.78, 5) is 37.8. The third-order valence-electron chi connectivity index (χ3n) is 6.42. The lowest BCUT2D eigenvalue weighted by molar-refractivity contribution is -0.143. The van der Waals surface area contributed by atoms with Crippen LogP contribution in [0, 0.1) is 5.92 Å². The normalized spacial score (nSPS) is 20.9. The molecule has 1 aliphatic carbocycles. The van der Waals surface area contributed by atoms with Crippen LogP contribution in [0.25, 0.3) is 0 Å². The predicted molar refractivity (Wildman–Crippen MR) is 105 cm³/mol. The Morgan fingerprint density at radius 3 is 2.50 bits per heavy atom. The number of likely N-dealkylation sites (tertiary alicyclic amines) is 1. The van der Waals surface area contributed by atoms with Crippen LogP contribution in [0.15, 0.2) is 30.6 Å². The zero-order valence-corrected chi connectivity index (χ0v) is 16.4. The van der Waals surface area contributed by atoms with Gasteiger partial charge in [0, 0.05) is 48.3 Å². The van der Waals surface area contributed by atoms with Crippen molar-refractivity contribution in [3.63, 3.8) is 0 Å². The zero-order chi connectivity index (χ0) is 19.3. The van der Waals surface area contributed by atoms with Gasteiger partial charge in [0.25, 0.3) is 5.91 Å². The van der Waals surface area contributed by atoms with Gasteiger partial charge in [-0.25, -0.2) is 4.98 Å². The number of benzene rings is 1. The number of hydrogen-bond acceptors (Lipinski definition) is 3. The van der Waals surface area contributed by atoms with Gasteiger partial charge in [0.15, 0.2) is 0 Å². The van der Waals surface area contributed by atoms with Crippen LogP contribution >= 0.6 is 11.6 Å². The highest BCUT2D eigenvalue weighted by atomic mass is 35.5. The molecule has 2 aliphatic heterocycles. The highest BCUT2D eigenvalue weighted by Crippen LogP contribution is 2.45. The molecule has 2 amide bonds. The van der Waals surface area contributed by atoms with E-state index in [9.17, 15) is 9.59 Å². The zero-order valence-electron chi connectivity index (χ0n) is 15.7. The van der Waals surface area contributed by atoms with Crippen LogP contribution in [0.5, 0.6) is 0 Å². The maximum absolute atomic E-state index is 13.0. The Labute approximate surface area is 168 Å². The molecule has 1 aromatic carbocycles. The highest BCUT2D eigenvalue weighted by molar-refractivity contribution is 6.30. The van der Waals surface area contributed by atoms with Crippen molar-refractivity contribution in [2.45, 2.75) is 37.6 Å². The summed E-state index contributed by atoms with van der Waals surface area (Å²) in [6.45, 7) is 1.96. The lowest BCUT2D eigenvalue weighted by atomic mass is 9.78. The minimum absolute atomic E-state index is 0.0182. The fourth-order valence-electron chi connectivity index (χ4n) is 4.71. The first-order valence-electron chi connectivity index (χ1n) is 9.97. The summed E-state index contributed by atoms with van der Waals surface area (Å²) in [7, 11) is 0. The van der Waals surface area contributed by atoms with Crippen molar-refractivity contribution in [3.05, 3.63) is 52.6 Å². The number of aromatic amines is 1. The molecule has 3 aliphatic rings. The SMILES string of the molecule is O=C(c1ccc(Cl)cc1)N1CCC2(CC1)c1nc[nH]c1CCN2C(=O)C1CC1. The molecule has 146 valence electrons. The lowest BCUT2D eigenvalue weighted by Gasteiger charge is -2.50. The van der Waals surface area contributed by atoms with Gasteiger partial charge >= 0.3 is 0 Å². The van der Waals surface area contributed by atoms with E-state index in [1.807, 2.05) is 4.90 Å². The largest absolute Gasteiger partial charge is 0.348 e. The Hall–Kier alpha value is -2.34. The van der Waals surface area contributed by atoms with E-state index in [1.54, 1.807) is 30.6 Å². The van der Waals surface area contributed by atoms with Crippen LogP contribution in [-0.2, 0) is 16.8 Å². The number of nitrogens with one attached hydrogen (secondary N) is 1. The first-order chi connectivity index (χ1) is 13.6. The average Bonchev–Trinajstić information content (AvgIpc) is 3.45. The Kier molecular flexibility index (Phi) is 4.19. The van der Waals surface area contributed by atoms with E-state index in [-0.39, 0.29) is 23.3 Å². The summed E-state index contributed by atoms with van der Waals surface area (Å²) >= 11 is 5.94. The Morgan fingerprint density at radius 2 is 1.82 bits per heavy atom. The minimum Gasteiger partial charge on any atom is -0.348 e. The Balaban J connectivity index is 1.40. The van der Waals surface area contributed by atoms with E-state index in [0.717, 1.165) is 50.0 Å². The van der Waals surface area contributed by atoms with E-state index in [2.05, 4.69) is 14.9 Å². The summed E-state index contributed by atoms with van der Waals surface area (Å²) < 4.78 is 0. The topological polar surface area (TPSA) is 69.3 Å². The number of rotatable bonds is 2. The van der Waals surface area contributed by atoms with Crippen molar-refractivity contribution >= 4 is 23.4 Å². The van der Waals surface area contributed by atoms with Gasteiger partial charge in [0.2, 0.25) is 5.91 Å². The molecule has 2 aromatic rings. The summed E-state index contributed by atoms with van der Waals surface area (Å²) in [5.41, 5.74) is 2.41. The van der Waals surface area contributed by atoms with Gasteiger partial charge in [-0.1, -0.05) is 11.6 Å². The number of aromatic nitrogens is 2. The molecule has 6 nitrogen and oxygen atoms in total. The van der Waals surface area contributed by atoms with Crippen molar-refractivity contribution in [1.82, 2.24) is 19.8 Å². The van der Waals surface area contributed by atoms with Crippen LogP contribution in [0.1, 0.15) is 47.4 Å². The molecule has 1 saturated carbocycles. The van der Waals surface area contributed by atoms with Gasteiger partial charge < -0.3 is 14.8 Å². The number of carbonyl (C=O) groups excluding carboxylic acids is 2. The van der Waals surface area contributed by atoms with Gasteiger partial charge in [0.05, 0.1) is 17.6 Å². The van der Waals surface area contributed by atoms with Gasteiger partial charge in [-0.15, -0.1) is 0 Å². The number of fused-ring (bicyclic) bond motifs is 2. The van der Waals surface area contributed by atoms with E-state index in [1.165, 1.54) is 0 Å².